The van der Waals surface area contributed by atoms with Gasteiger partial charge in [-0.1, -0.05) is 151 Å². The first-order valence-electron chi connectivity index (χ1n) is 27.5. The third kappa shape index (κ3) is 7.16. The molecule has 4 aromatic heterocycles. The molecule has 0 aliphatic rings. The van der Waals surface area contributed by atoms with Crippen molar-refractivity contribution in [2.75, 3.05) is 9.80 Å². The molecule has 0 fully saturated rings. The van der Waals surface area contributed by atoms with Gasteiger partial charge in [-0.2, -0.15) is 0 Å². The second-order valence-electron chi connectivity index (χ2n) is 23.9. The second kappa shape index (κ2) is 16.9. The van der Waals surface area contributed by atoms with E-state index in [1.807, 2.05) is 0 Å². The van der Waals surface area contributed by atoms with Crippen molar-refractivity contribution in [1.29, 1.82) is 0 Å². The number of hydrogen-bond donors (Lipinski definition) is 0. The van der Waals surface area contributed by atoms with Gasteiger partial charge in [-0.15, -0.1) is 0 Å². The maximum atomic E-state index is 6.99. The smallest absolute Gasteiger partial charge is 0.159 e. The van der Waals surface area contributed by atoms with E-state index in [0.717, 1.165) is 160 Å². The standard InChI is InChI=1S/C73H58N2O4/c1-41-18-10-12-26-58(41)74(60-28-16-22-52-50-20-14-24-56(72(4,5)6)68(50)78-70(52)60)48-32-30-44-37-54-62(39-46(44)35-48)76-64-34-43(3)67-66(65(54)64)55-38-45-31-33-49(36-47(45)40-63(55)77-67)75(59-27-13-11-19-42(59)2)61-29-17-23-53-51-21-15-25-57(73(7,8)9)69(51)79-71(53)61/h10-40H,1-9H3. The molecule has 6 nitrogen and oxygen atoms in total. The third-order valence-electron chi connectivity index (χ3n) is 16.6. The number of para-hydroxylation sites is 6. The molecule has 0 saturated heterocycles. The van der Waals surface area contributed by atoms with Crippen LogP contribution in [0.3, 0.4) is 0 Å². The summed E-state index contributed by atoms with van der Waals surface area (Å²) >= 11 is 0. The molecule has 0 atom stereocenters. The average molecular weight is 1030 g/mol. The molecule has 0 N–H and O–H groups in total. The summed E-state index contributed by atoms with van der Waals surface area (Å²) in [5.74, 6) is 0. The molecular formula is C73H58N2O4. The van der Waals surface area contributed by atoms with Gasteiger partial charge in [-0.25, -0.2) is 0 Å². The number of aryl methyl sites for hydroxylation is 3. The minimum absolute atomic E-state index is 0.0875. The van der Waals surface area contributed by atoms with Gasteiger partial charge in [0.15, 0.2) is 11.2 Å². The number of furan rings is 4. The van der Waals surface area contributed by atoms with Gasteiger partial charge >= 0.3 is 0 Å². The molecule has 79 heavy (non-hydrogen) atoms. The molecule has 15 rings (SSSR count). The van der Waals surface area contributed by atoms with Gasteiger partial charge in [-0.3, -0.25) is 0 Å². The van der Waals surface area contributed by atoms with Crippen LogP contribution in [0.1, 0.15) is 69.4 Å². The lowest BCUT2D eigenvalue weighted by atomic mass is 9.86. The predicted molar refractivity (Wildman–Crippen MR) is 332 cm³/mol. The van der Waals surface area contributed by atoms with E-state index in [0.29, 0.717) is 0 Å². The van der Waals surface area contributed by atoms with Crippen LogP contribution in [0.2, 0.25) is 0 Å². The third-order valence-corrected chi connectivity index (χ3v) is 16.6. The van der Waals surface area contributed by atoms with Crippen LogP contribution in [-0.4, -0.2) is 0 Å². The largest absolute Gasteiger partial charge is 0.456 e. The van der Waals surface area contributed by atoms with Crippen LogP contribution in [-0.2, 0) is 10.8 Å². The van der Waals surface area contributed by atoms with Crippen LogP contribution < -0.4 is 9.80 Å². The van der Waals surface area contributed by atoms with E-state index >= 15 is 0 Å². The Morgan fingerprint density at radius 3 is 1.20 bits per heavy atom. The summed E-state index contributed by atoms with van der Waals surface area (Å²) in [7, 11) is 0. The molecule has 0 bridgehead atoms. The lowest BCUT2D eigenvalue weighted by molar-refractivity contribution is 0.572. The molecule has 0 amide bonds. The first kappa shape index (κ1) is 47.0. The van der Waals surface area contributed by atoms with Crippen LogP contribution in [0.25, 0.3) is 109 Å². The van der Waals surface area contributed by atoms with Crippen LogP contribution in [0.5, 0.6) is 0 Å². The van der Waals surface area contributed by atoms with Crippen molar-refractivity contribution in [3.05, 3.63) is 216 Å². The summed E-state index contributed by atoms with van der Waals surface area (Å²) in [6.07, 6.45) is 0. The molecule has 6 heteroatoms. The minimum atomic E-state index is -0.0876. The number of nitrogens with zero attached hydrogens (tertiary/aromatic N) is 2. The highest BCUT2D eigenvalue weighted by Gasteiger charge is 2.28. The zero-order valence-electron chi connectivity index (χ0n) is 45.9. The number of anilines is 6. The number of hydrogen-bond acceptors (Lipinski definition) is 6. The van der Waals surface area contributed by atoms with E-state index < -0.39 is 0 Å². The van der Waals surface area contributed by atoms with Crippen molar-refractivity contribution in [2.24, 2.45) is 0 Å². The topological polar surface area (TPSA) is 59.0 Å². The zero-order chi connectivity index (χ0) is 53.8. The molecular weight excluding hydrogens is 969 g/mol. The fraction of sp³-hybridized carbons (Fsp3) is 0.151. The van der Waals surface area contributed by atoms with Crippen molar-refractivity contribution in [3.63, 3.8) is 0 Å². The molecule has 0 aliphatic heterocycles. The van der Waals surface area contributed by atoms with E-state index in [9.17, 15) is 0 Å². The first-order chi connectivity index (χ1) is 38.2. The SMILES string of the molecule is Cc1ccccc1N(c1ccc2cc3c(cc2c1)oc1cc(C)c2oc4cc5cc(N(c6ccccc6C)c6cccc7c6oc6c(C(C)(C)C)cccc67)ccc5cc4c2c13)c1cccc2c1oc1c(C(C)(C)C)cccc12. The lowest BCUT2D eigenvalue weighted by Gasteiger charge is -2.27. The highest BCUT2D eigenvalue weighted by molar-refractivity contribution is 6.28. The molecule has 11 aromatic carbocycles. The van der Waals surface area contributed by atoms with E-state index in [1.54, 1.807) is 0 Å². The Morgan fingerprint density at radius 2 is 0.722 bits per heavy atom. The Morgan fingerprint density at radius 1 is 0.291 bits per heavy atom. The second-order valence-corrected chi connectivity index (χ2v) is 23.9. The van der Waals surface area contributed by atoms with E-state index in [-0.39, 0.29) is 10.8 Å². The highest BCUT2D eigenvalue weighted by atomic mass is 16.3. The van der Waals surface area contributed by atoms with Gasteiger partial charge in [0, 0.05) is 77.0 Å². The Bertz CT molecular complexity index is 5050. The Balaban J connectivity index is 0.874. The van der Waals surface area contributed by atoms with E-state index in [2.05, 4.69) is 260 Å². The van der Waals surface area contributed by atoms with E-state index in [4.69, 9.17) is 17.7 Å². The quantitative estimate of drug-likeness (QED) is 0.165. The lowest BCUT2D eigenvalue weighted by Crippen LogP contribution is -2.11. The molecule has 0 unspecified atom stereocenters. The summed E-state index contributed by atoms with van der Waals surface area (Å²) in [6.45, 7) is 19.9. The van der Waals surface area contributed by atoms with Crippen LogP contribution in [0.15, 0.2) is 206 Å². The number of fused-ring (bicyclic) bond motifs is 15. The fourth-order valence-electron chi connectivity index (χ4n) is 12.7. The fourth-order valence-corrected chi connectivity index (χ4v) is 12.7. The number of benzene rings is 11. The molecule has 0 saturated carbocycles. The Labute approximate surface area is 457 Å². The molecule has 4 heterocycles. The van der Waals surface area contributed by atoms with Gasteiger partial charge in [-0.05, 0) is 149 Å². The summed E-state index contributed by atoms with van der Waals surface area (Å²) in [4.78, 5) is 4.70. The summed E-state index contributed by atoms with van der Waals surface area (Å²) in [5, 5.41) is 13.1. The first-order valence-corrected chi connectivity index (χ1v) is 27.5. The van der Waals surface area contributed by atoms with Gasteiger partial charge < -0.3 is 27.5 Å². The van der Waals surface area contributed by atoms with Crippen LogP contribution in [0, 0.1) is 20.8 Å². The minimum Gasteiger partial charge on any atom is -0.456 e. The molecule has 384 valence electrons. The molecule has 0 aliphatic carbocycles. The van der Waals surface area contributed by atoms with Crippen molar-refractivity contribution in [3.8, 4) is 0 Å². The van der Waals surface area contributed by atoms with Gasteiger partial charge in [0.25, 0.3) is 0 Å². The summed E-state index contributed by atoms with van der Waals surface area (Å²) in [5.41, 5.74) is 18.7. The van der Waals surface area contributed by atoms with Gasteiger partial charge in [0.2, 0.25) is 0 Å². The van der Waals surface area contributed by atoms with Crippen molar-refractivity contribution in [1.82, 2.24) is 0 Å². The normalized spacial score (nSPS) is 12.6. The van der Waals surface area contributed by atoms with Crippen molar-refractivity contribution in [2.45, 2.75) is 73.1 Å². The molecule has 15 aromatic rings. The average Bonchev–Trinajstić information content (AvgIpc) is 4.33. The van der Waals surface area contributed by atoms with Crippen molar-refractivity contribution < 1.29 is 17.7 Å². The Hall–Kier alpha value is -9.26. The maximum Gasteiger partial charge on any atom is 0.159 e. The summed E-state index contributed by atoms with van der Waals surface area (Å²) < 4.78 is 27.8. The van der Waals surface area contributed by atoms with Gasteiger partial charge in [0.05, 0.1) is 11.4 Å². The summed E-state index contributed by atoms with van der Waals surface area (Å²) in [6, 6.07) is 67.9. The molecule has 0 radical (unpaired) electrons. The van der Waals surface area contributed by atoms with E-state index in [1.165, 1.54) is 11.1 Å². The molecule has 0 spiro atoms. The van der Waals surface area contributed by atoms with Crippen molar-refractivity contribution >= 4 is 143 Å². The maximum absolute atomic E-state index is 6.99. The van der Waals surface area contributed by atoms with Crippen LogP contribution in [0.4, 0.5) is 34.1 Å². The predicted octanol–water partition coefficient (Wildman–Crippen LogP) is 22.1. The number of rotatable bonds is 6. The monoisotopic (exact) mass is 1030 g/mol. The zero-order valence-corrected chi connectivity index (χ0v) is 45.9. The Kier molecular flexibility index (Phi) is 10.0. The highest BCUT2D eigenvalue weighted by Crippen LogP contribution is 2.50. The van der Waals surface area contributed by atoms with Crippen LogP contribution >= 0.6 is 0 Å². The van der Waals surface area contributed by atoms with Gasteiger partial charge in [0.1, 0.15) is 33.5 Å².